The van der Waals surface area contributed by atoms with Crippen LogP contribution in [0.3, 0.4) is 0 Å². The van der Waals surface area contributed by atoms with E-state index in [1.165, 1.54) is 54.0 Å². The van der Waals surface area contributed by atoms with E-state index in [0.717, 1.165) is 39.5 Å². The molecule has 13 rings (SSSR count). The molecule has 0 bridgehead atoms. The number of aryl methyl sites for hydroxylation is 1. The van der Waals surface area contributed by atoms with Crippen LogP contribution in [-0.2, 0) is 71.2 Å². The van der Waals surface area contributed by atoms with Crippen LogP contribution in [0.2, 0.25) is 0 Å². The maximum absolute atomic E-state index is 14.9. The van der Waals surface area contributed by atoms with Crippen molar-refractivity contribution in [2.45, 2.75) is 104 Å². The summed E-state index contributed by atoms with van der Waals surface area (Å²) in [5.41, 5.74) is 15.0. The zero-order valence-corrected chi connectivity index (χ0v) is 66.7. The van der Waals surface area contributed by atoms with E-state index in [4.69, 9.17) is 43.8 Å². The SMILES string of the molecule is CC(C)c1cn(CC(=O)O)nn1.COCCOc1cc(F)c2c(Nc3ccc(CC(=O)Cn4cc(C(C)C)nn4)cc3)ncnc2c1.COCCOc1cc(F)c2c(Nc3ccc(CC(=O)Cn4cc(C(C)C)nn4)cc3)ncnc2c1.COCCOc1cc(F)c2c(Nc3ccc(N)cc3)ncnc2c1.Cc1ccc(S(=O)(=O)O)cc1. The highest BCUT2D eigenvalue weighted by atomic mass is 32.2. The molecular formula is C81H90F3N19O13S. The Morgan fingerprint density at radius 3 is 1.06 bits per heavy atom. The number of ether oxygens (including phenoxy) is 6. The summed E-state index contributed by atoms with van der Waals surface area (Å²) >= 11 is 0. The van der Waals surface area contributed by atoms with Crippen LogP contribution in [0.15, 0.2) is 176 Å². The Hall–Kier alpha value is -13.0. The number of ketones is 2. The number of nitrogen functional groups attached to an aromatic ring is 1. The third kappa shape index (κ3) is 27.1. The average Bonchev–Trinajstić information content (AvgIpc) is 1.18. The van der Waals surface area contributed by atoms with Crippen molar-refractivity contribution in [1.29, 1.82) is 0 Å². The zero-order chi connectivity index (χ0) is 84.1. The number of nitrogens with one attached hydrogen (secondary N) is 3. The second-order valence-electron chi connectivity index (χ2n) is 27.1. The first kappa shape index (κ1) is 87.9. The molecular weight excluding hydrogens is 1540 g/mol. The Labute approximate surface area is 672 Å². The number of nitrogens with two attached hydrogens (primary N) is 1. The van der Waals surface area contributed by atoms with Gasteiger partial charge in [-0.2, -0.15) is 8.42 Å². The molecule has 6 aromatic heterocycles. The summed E-state index contributed by atoms with van der Waals surface area (Å²) in [7, 11) is 0.698. The summed E-state index contributed by atoms with van der Waals surface area (Å²) in [6.07, 6.45) is 9.90. The number of hydrogen-bond acceptors (Lipinski definition) is 27. The summed E-state index contributed by atoms with van der Waals surface area (Å²) in [6, 6.07) is 36.7. The molecule has 117 heavy (non-hydrogen) atoms. The molecule has 7 N–H and O–H groups in total. The summed E-state index contributed by atoms with van der Waals surface area (Å²) in [5.74, 6) is 0.708. The van der Waals surface area contributed by atoms with E-state index in [-0.39, 0.29) is 77.5 Å². The monoisotopic (exact) mass is 1630 g/mol. The van der Waals surface area contributed by atoms with Crippen LogP contribution in [-0.4, -0.2) is 171 Å². The number of nitrogens with zero attached hydrogens (tertiary/aromatic N) is 15. The molecule has 32 nitrogen and oxygen atoms in total. The van der Waals surface area contributed by atoms with Crippen molar-refractivity contribution < 1.29 is 74.1 Å². The van der Waals surface area contributed by atoms with Crippen molar-refractivity contribution >= 4 is 101 Å². The Kier molecular flexibility index (Phi) is 32.2. The number of Topliss-reactive ketones (excluding diaryl/α,β-unsaturated/α-hetero) is 2. The van der Waals surface area contributed by atoms with E-state index >= 15 is 0 Å². The molecule has 614 valence electrons. The second-order valence-corrected chi connectivity index (χ2v) is 28.5. The van der Waals surface area contributed by atoms with E-state index in [1.807, 2.05) is 97.0 Å². The average molecular weight is 1630 g/mol. The van der Waals surface area contributed by atoms with Gasteiger partial charge in [-0.05, 0) is 96.5 Å². The van der Waals surface area contributed by atoms with Crippen molar-refractivity contribution in [3.8, 4) is 17.2 Å². The Bertz CT molecular complexity index is 5350. The van der Waals surface area contributed by atoms with Gasteiger partial charge in [-0.3, -0.25) is 18.9 Å². The lowest BCUT2D eigenvalue weighted by molar-refractivity contribution is -0.138. The van der Waals surface area contributed by atoms with E-state index in [1.54, 1.807) is 104 Å². The van der Waals surface area contributed by atoms with Crippen molar-refractivity contribution in [1.82, 2.24) is 74.9 Å². The standard InChI is InChI=1S/2C25H27FN6O3.C17H17FN4O2.C7H11N3O2.C7H8O3S/c2*1-16(2)23-14-32(31-30-23)13-19(33)10-17-4-6-18(7-5-17)29-25-24-21(26)11-20(35-9-8-34-3)12-22(24)27-15-28-25;1-23-6-7-24-13-8-14(18)16-15(9-13)20-10-21-17(16)22-12-4-2-11(19)3-5-12;1-5(2)6-3-10(9-8-6)4-7(11)12;1-6-2-4-7(5-3-6)11(8,9)10/h2*4-7,11-12,14-16H,8-10,13H2,1-3H3,(H,27,28,29);2-5,8-10H,6-7,19H2,1H3,(H,20,21,22);3,5H,4H2,1-2H3,(H,11,12);2-5H,1H3,(H,8,9,10). The van der Waals surface area contributed by atoms with Crippen LogP contribution in [0.5, 0.6) is 17.2 Å². The number of hydrogen-bond donors (Lipinski definition) is 6. The molecule has 0 aliphatic carbocycles. The van der Waals surface area contributed by atoms with Crippen molar-refractivity contribution in [2.75, 3.05) is 82.7 Å². The fraction of sp³-hybridized carbons (Fsp3) is 0.296. The number of carboxylic acids is 1. The summed E-state index contributed by atoms with van der Waals surface area (Å²) < 4.78 is 110. The van der Waals surface area contributed by atoms with Crippen LogP contribution >= 0.6 is 0 Å². The van der Waals surface area contributed by atoms with Gasteiger partial charge in [-0.15, -0.1) is 15.3 Å². The molecule has 13 aromatic rings. The molecule has 7 aromatic carbocycles. The van der Waals surface area contributed by atoms with E-state index in [2.05, 4.69) is 76.8 Å². The third-order valence-corrected chi connectivity index (χ3v) is 17.7. The van der Waals surface area contributed by atoms with Gasteiger partial charge in [-0.1, -0.05) is 99.1 Å². The maximum atomic E-state index is 14.9. The Morgan fingerprint density at radius 1 is 0.453 bits per heavy atom. The molecule has 0 aliphatic heterocycles. The van der Waals surface area contributed by atoms with Crippen LogP contribution in [0.4, 0.5) is 53.4 Å². The molecule has 0 amide bonds. The highest BCUT2D eigenvalue weighted by molar-refractivity contribution is 7.85. The van der Waals surface area contributed by atoms with Crippen LogP contribution in [0.25, 0.3) is 32.7 Å². The third-order valence-electron chi connectivity index (χ3n) is 16.8. The number of carbonyl (C=O) groups excluding carboxylic acids is 2. The quantitative estimate of drug-likeness (QED) is 0.0130. The van der Waals surface area contributed by atoms with Crippen LogP contribution < -0.4 is 35.9 Å². The summed E-state index contributed by atoms with van der Waals surface area (Å²) in [5, 5.41) is 42.3. The number of carboxylic acid groups (broad SMARTS) is 1. The Balaban J connectivity index is 0.000000178. The number of anilines is 7. The van der Waals surface area contributed by atoms with Gasteiger partial charge in [0.05, 0.1) is 74.5 Å². The van der Waals surface area contributed by atoms with Gasteiger partial charge < -0.3 is 55.2 Å². The number of aromatic nitrogens is 15. The minimum atomic E-state index is -4.02. The maximum Gasteiger partial charge on any atom is 0.325 e. The van der Waals surface area contributed by atoms with E-state index < -0.39 is 33.5 Å². The largest absolute Gasteiger partial charge is 0.491 e. The topological polar surface area (TPSA) is 413 Å². The molecule has 0 aliphatic rings. The molecule has 0 atom stereocenters. The summed E-state index contributed by atoms with van der Waals surface area (Å²) in [4.78, 5) is 60.1. The normalized spacial score (nSPS) is 11.1. The van der Waals surface area contributed by atoms with Gasteiger partial charge in [0.2, 0.25) is 0 Å². The molecule has 0 radical (unpaired) electrons. The molecule has 0 saturated heterocycles. The van der Waals surface area contributed by atoms with Gasteiger partial charge in [0, 0.05) is 112 Å². The minimum absolute atomic E-state index is 0.0262. The van der Waals surface area contributed by atoms with Gasteiger partial charge in [0.15, 0.2) is 11.6 Å². The number of aliphatic carboxylic acids is 1. The smallest absolute Gasteiger partial charge is 0.325 e. The number of fused-ring (bicyclic) bond motifs is 3. The van der Waals surface area contributed by atoms with Gasteiger partial charge in [0.1, 0.15) is 111 Å². The van der Waals surface area contributed by atoms with Crippen molar-refractivity contribution in [2.24, 2.45) is 0 Å². The number of halogens is 3. The highest BCUT2D eigenvalue weighted by Crippen LogP contribution is 2.33. The molecule has 0 unspecified atom stereocenters. The Morgan fingerprint density at radius 2 is 0.769 bits per heavy atom. The predicted octanol–water partition coefficient (Wildman–Crippen LogP) is 13.0. The first-order chi connectivity index (χ1) is 56.1. The van der Waals surface area contributed by atoms with Gasteiger partial charge >= 0.3 is 5.97 Å². The van der Waals surface area contributed by atoms with E-state index in [9.17, 15) is 36.0 Å². The van der Waals surface area contributed by atoms with Crippen molar-refractivity contribution in [3.05, 3.63) is 222 Å². The number of benzene rings is 7. The van der Waals surface area contributed by atoms with Crippen LogP contribution in [0.1, 0.15) is 93.1 Å². The second kappa shape index (κ2) is 42.9. The minimum Gasteiger partial charge on any atom is -0.491 e. The number of carbonyl (C=O) groups is 3. The van der Waals surface area contributed by atoms with Crippen LogP contribution in [0, 0.1) is 24.4 Å². The first-order valence-electron chi connectivity index (χ1n) is 36.6. The lowest BCUT2D eigenvalue weighted by atomic mass is 10.1. The fourth-order valence-electron chi connectivity index (χ4n) is 10.7. The molecule has 6 heterocycles. The number of rotatable bonds is 32. The molecule has 0 fully saturated rings. The van der Waals surface area contributed by atoms with E-state index in [0.29, 0.717) is 113 Å². The van der Waals surface area contributed by atoms with Gasteiger partial charge in [-0.25, -0.2) is 57.1 Å². The highest BCUT2D eigenvalue weighted by Gasteiger charge is 2.19. The fourth-order valence-corrected chi connectivity index (χ4v) is 11.2. The lowest BCUT2D eigenvalue weighted by Gasteiger charge is -2.11. The lowest BCUT2D eigenvalue weighted by Crippen LogP contribution is -2.13. The zero-order valence-electron chi connectivity index (χ0n) is 65.9. The van der Waals surface area contributed by atoms with Crippen molar-refractivity contribution in [3.63, 3.8) is 0 Å². The molecule has 36 heteroatoms. The van der Waals surface area contributed by atoms with Gasteiger partial charge in [0.25, 0.3) is 10.1 Å². The first-order valence-corrected chi connectivity index (χ1v) is 38.1. The predicted molar refractivity (Wildman–Crippen MR) is 433 cm³/mol. The molecule has 0 spiro atoms. The summed E-state index contributed by atoms with van der Waals surface area (Å²) in [6.45, 7) is 16.3. The number of methoxy groups -OCH3 is 3. The molecule has 0 saturated carbocycles.